The van der Waals surface area contributed by atoms with Gasteiger partial charge in [0.05, 0.1) is 0 Å². The molecule has 1 fully saturated rings. The summed E-state index contributed by atoms with van der Waals surface area (Å²) in [5, 5.41) is 13.9. The molecule has 5 nitrogen and oxygen atoms in total. The maximum atomic E-state index is 11.3. The van der Waals surface area contributed by atoms with Gasteiger partial charge in [-0.15, -0.1) is 6.58 Å². The highest BCUT2D eigenvalue weighted by atomic mass is 16.4. The van der Waals surface area contributed by atoms with Gasteiger partial charge >= 0.3 is 12.0 Å². The Bertz CT molecular complexity index is 261. The topological polar surface area (TPSA) is 78.4 Å². The number of nitrogens with one attached hydrogen (secondary N) is 2. The van der Waals surface area contributed by atoms with Crippen molar-refractivity contribution in [3.63, 3.8) is 0 Å². The average Bonchev–Trinajstić information content (AvgIpc) is 2.10. The van der Waals surface area contributed by atoms with Crippen molar-refractivity contribution in [2.24, 2.45) is 0 Å². The van der Waals surface area contributed by atoms with Gasteiger partial charge in [0.25, 0.3) is 0 Å². The summed E-state index contributed by atoms with van der Waals surface area (Å²) in [7, 11) is 0. The number of carbonyl (C=O) groups excluding carboxylic acids is 1. The molecule has 84 valence electrons. The van der Waals surface area contributed by atoms with Crippen LogP contribution in [0.2, 0.25) is 0 Å². The molecule has 0 aromatic heterocycles. The van der Waals surface area contributed by atoms with Crippen LogP contribution in [0.4, 0.5) is 4.79 Å². The average molecular weight is 212 g/mol. The Balaban J connectivity index is 2.31. The van der Waals surface area contributed by atoms with E-state index in [1.165, 1.54) is 6.08 Å². The first-order valence-electron chi connectivity index (χ1n) is 5.04. The van der Waals surface area contributed by atoms with Gasteiger partial charge in [-0.2, -0.15) is 0 Å². The van der Waals surface area contributed by atoms with Gasteiger partial charge in [-0.1, -0.05) is 6.08 Å². The van der Waals surface area contributed by atoms with Crippen LogP contribution in [0.1, 0.15) is 25.7 Å². The first-order valence-corrected chi connectivity index (χ1v) is 5.04. The highest BCUT2D eigenvalue weighted by molar-refractivity contribution is 5.82. The van der Waals surface area contributed by atoms with E-state index < -0.39 is 18.0 Å². The second-order valence-electron chi connectivity index (χ2n) is 3.66. The second-order valence-corrected chi connectivity index (χ2v) is 3.66. The molecule has 1 saturated carbocycles. The number of carbonyl (C=O) groups is 2. The van der Waals surface area contributed by atoms with E-state index in [9.17, 15) is 9.59 Å². The molecule has 5 heteroatoms. The minimum Gasteiger partial charge on any atom is -0.480 e. The number of amides is 2. The Hall–Kier alpha value is -1.52. The van der Waals surface area contributed by atoms with Crippen molar-refractivity contribution in [2.75, 3.05) is 0 Å². The maximum absolute atomic E-state index is 11.3. The molecular formula is C10H16N2O3. The minimum absolute atomic E-state index is 0.211. The molecular weight excluding hydrogens is 196 g/mol. The number of carboxylic acids is 1. The Morgan fingerprint density at radius 3 is 2.60 bits per heavy atom. The third kappa shape index (κ3) is 3.61. The van der Waals surface area contributed by atoms with Crippen molar-refractivity contribution in [2.45, 2.75) is 37.8 Å². The lowest BCUT2D eigenvalue weighted by atomic mass is 9.93. The Labute approximate surface area is 88.5 Å². The van der Waals surface area contributed by atoms with Crippen molar-refractivity contribution in [1.29, 1.82) is 0 Å². The van der Waals surface area contributed by atoms with Crippen molar-refractivity contribution in [1.82, 2.24) is 10.6 Å². The standard InChI is InChI=1S/C10H16N2O3/c1-2-4-8(9(13)14)12-10(15)11-7-5-3-6-7/h2,7-8H,1,3-6H2,(H,13,14)(H2,11,12,15). The smallest absolute Gasteiger partial charge is 0.326 e. The lowest BCUT2D eigenvalue weighted by Gasteiger charge is -2.27. The van der Waals surface area contributed by atoms with E-state index in [1.807, 2.05) is 0 Å². The highest BCUT2D eigenvalue weighted by Crippen LogP contribution is 2.17. The summed E-state index contributed by atoms with van der Waals surface area (Å²) in [5.74, 6) is -1.04. The van der Waals surface area contributed by atoms with Crippen molar-refractivity contribution in [3.05, 3.63) is 12.7 Å². The van der Waals surface area contributed by atoms with Gasteiger partial charge in [0.1, 0.15) is 6.04 Å². The summed E-state index contributed by atoms with van der Waals surface area (Å²) < 4.78 is 0. The normalized spacial score (nSPS) is 17.3. The molecule has 0 heterocycles. The molecule has 15 heavy (non-hydrogen) atoms. The van der Waals surface area contributed by atoms with E-state index in [2.05, 4.69) is 17.2 Å². The van der Waals surface area contributed by atoms with Gasteiger partial charge in [-0.3, -0.25) is 0 Å². The van der Waals surface area contributed by atoms with E-state index in [-0.39, 0.29) is 12.5 Å². The van der Waals surface area contributed by atoms with E-state index >= 15 is 0 Å². The zero-order valence-electron chi connectivity index (χ0n) is 8.53. The summed E-state index contributed by atoms with van der Waals surface area (Å²) in [5.41, 5.74) is 0. The number of hydrogen-bond donors (Lipinski definition) is 3. The zero-order valence-corrected chi connectivity index (χ0v) is 8.53. The predicted octanol–water partition coefficient (Wildman–Crippen LogP) is 0.867. The Morgan fingerprint density at radius 1 is 1.53 bits per heavy atom. The largest absolute Gasteiger partial charge is 0.480 e. The van der Waals surface area contributed by atoms with Crippen molar-refractivity contribution in [3.8, 4) is 0 Å². The molecule has 0 bridgehead atoms. The SMILES string of the molecule is C=CCC(NC(=O)NC1CCC1)C(=O)O. The third-order valence-corrected chi connectivity index (χ3v) is 2.45. The maximum Gasteiger partial charge on any atom is 0.326 e. The van der Waals surface area contributed by atoms with Crippen LogP contribution in [0, 0.1) is 0 Å². The van der Waals surface area contributed by atoms with Crippen LogP contribution in [0.3, 0.4) is 0 Å². The van der Waals surface area contributed by atoms with Crippen LogP contribution in [0.5, 0.6) is 0 Å². The molecule has 2 amide bonds. The summed E-state index contributed by atoms with van der Waals surface area (Å²) in [6, 6.07) is -1.08. The Kier molecular flexibility index (Phi) is 4.15. The molecule has 1 unspecified atom stereocenters. The first kappa shape index (κ1) is 11.6. The molecule has 1 aliphatic rings. The summed E-state index contributed by atoms with van der Waals surface area (Å²) in [6.07, 6.45) is 4.79. The number of hydrogen-bond acceptors (Lipinski definition) is 2. The molecule has 0 aromatic carbocycles. The van der Waals surface area contributed by atoms with Crippen LogP contribution in [0.15, 0.2) is 12.7 Å². The fourth-order valence-corrected chi connectivity index (χ4v) is 1.33. The van der Waals surface area contributed by atoms with Crippen LogP contribution in [0.25, 0.3) is 0 Å². The van der Waals surface area contributed by atoms with Gasteiger partial charge in [-0.25, -0.2) is 9.59 Å². The van der Waals surface area contributed by atoms with Crippen molar-refractivity contribution >= 4 is 12.0 Å². The van der Waals surface area contributed by atoms with Crippen molar-refractivity contribution < 1.29 is 14.7 Å². The lowest BCUT2D eigenvalue weighted by Crippen LogP contribution is -2.50. The molecule has 0 saturated heterocycles. The van der Waals surface area contributed by atoms with Crippen LogP contribution >= 0.6 is 0 Å². The van der Waals surface area contributed by atoms with E-state index in [1.54, 1.807) is 0 Å². The molecule has 1 atom stereocenters. The lowest BCUT2D eigenvalue weighted by molar-refractivity contribution is -0.139. The van der Waals surface area contributed by atoms with Crippen LogP contribution in [-0.2, 0) is 4.79 Å². The number of aliphatic carboxylic acids is 1. The third-order valence-electron chi connectivity index (χ3n) is 2.45. The predicted molar refractivity (Wildman–Crippen MR) is 55.5 cm³/mol. The monoisotopic (exact) mass is 212 g/mol. The van der Waals surface area contributed by atoms with Crippen LogP contribution < -0.4 is 10.6 Å². The molecule has 0 aliphatic heterocycles. The van der Waals surface area contributed by atoms with E-state index in [4.69, 9.17) is 5.11 Å². The van der Waals surface area contributed by atoms with Gasteiger partial charge in [-0.05, 0) is 25.7 Å². The van der Waals surface area contributed by atoms with Crippen LogP contribution in [-0.4, -0.2) is 29.2 Å². The fourth-order valence-electron chi connectivity index (χ4n) is 1.33. The van der Waals surface area contributed by atoms with E-state index in [0.29, 0.717) is 0 Å². The minimum atomic E-state index is -1.04. The molecule has 1 aliphatic carbocycles. The second kappa shape index (κ2) is 5.38. The molecule has 0 radical (unpaired) electrons. The van der Waals surface area contributed by atoms with Gasteiger partial charge < -0.3 is 15.7 Å². The van der Waals surface area contributed by atoms with Gasteiger partial charge in [0, 0.05) is 6.04 Å². The fraction of sp³-hybridized carbons (Fsp3) is 0.600. The quantitative estimate of drug-likeness (QED) is 0.591. The first-order chi connectivity index (χ1) is 7.13. The molecule has 0 aromatic rings. The number of rotatable bonds is 5. The molecule has 3 N–H and O–H groups in total. The summed E-state index contributed by atoms with van der Waals surface area (Å²) >= 11 is 0. The summed E-state index contributed by atoms with van der Waals surface area (Å²) in [4.78, 5) is 22.0. The zero-order chi connectivity index (χ0) is 11.3. The molecule has 0 spiro atoms. The number of urea groups is 1. The highest BCUT2D eigenvalue weighted by Gasteiger charge is 2.22. The summed E-state index contributed by atoms with van der Waals surface area (Å²) in [6.45, 7) is 3.44. The van der Waals surface area contributed by atoms with Gasteiger partial charge in [0.2, 0.25) is 0 Å². The Morgan fingerprint density at radius 2 is 2.20 bits per heavy atom. The van der Waals surface area contributed by atoms with Gasteiger partial charge in [0.15, 0.2) is 0 Å². The number of carboxylic acid groups (broad SMARTS) is 1. The van der Waals surface area contributed by atoms with E-state index in [0.717, 1.165) is 19.3 Å². The molecule has 1 rings (SSSR count).